The van der Waals surface area contributed by atoms with Crippen molar-refractivity contribution >= 4 is 5.91 Å². The minimum atomic E-state index is 0.0775. The summed E-state index contributed by atoms with van der Waals surface area (Å²) in [5.41, 5.74) is 5.57. The Balaban J connectivity index is 0.000000181. The summed E-state index contributed by atoms with van der Waals surface area (Å²) in [6.45, 7) is 5.76. The smallest absolute Gasteiger partial charge is 0.217 e. The lowest BCUT2D eigenvalue weighted by molar-refractivity contribution is -0.119. The van der Waals surface area contributed by atoms with Crippen molar-refractivity contribution in [1.29, 1.82) is 0 Å². The second-order valence-electron chi connectivity index (χ2n) is 4.85. The molecule has 100 valence electrons. The summed E-state index contributed by atoms with van der Waals surface area (Å²) in [6.07, 6.45) is 4.74. The van der Waals surface area contributed by atoms with Gasteiger partial charge in [-0.2, -0.15) is 0 Å². The molecule has 5 heteroatoms. The SMILES string of the molecule is CC(=O)NC1CCCNC1.NC1CCCNC1. The van der Waals surface area contributed by atoms with E-state index in [4.69, 9.17) is 5.73 Å². The first kappa shape index (κ1) is 14.4. The lowest BCUT2D eigenvalue weighted by Gasteiger charge is -2.22. The quantitative estimate of drug-likeness (QED) is 0.503. The molecule has 2 aliphatic rings. The summed E-state index contributed by atoms with van der Waals surface area (Å²) in [7, 11) is 0. The van der Waals surface area contributed by atoms with Gasteiger partial charge in [0.2, 0.25) is 5.91 Å². The number of hydrogen-bond acceptors (Lipinski definition) is 4. The van der Waals surface area contributed by atoms with Gasteiger partial charge in [-0.1, -0.05) is 0 Å². The van der Waals surface area contributed by atoms with Crippen LogP contribution in [0.15, 0.2) is 0 Å². The molecule has 17 heavy (non-hydrogen) atoms. The molecule has 1 amide bonds. The third-order valence-corrected chi connectivity index (χ3v) is 3.04. The fourth-order valence-electron chi connectivity index (χ4n) is 2.14. The van der Waals surface area contributed by atoms with Gasteiger partial charge in [0.05, 0.1) is 0 Å². The van der Waals surface area contributed by atoms with E-state index in [-0.39, 0.29) is 5.91 Å². The number of rotatable bonds is 1. The van der Waals surface area contributed by atoms with Crippen molar-refractivity contribution in [2.75, 3.05) is 26.2 Å². The Kier molecular flexibility index (Phi) is 7.16. The van der Waals surface area contributed by atoms with E-state index in [1.165, 1.54) is 19.3 Å². The molecule has 0 aliphatic carbocycles. The molecular formula is C12H26N4O. The number of carbonyl (C=O) groups is 1. The lowest BCUT2D eigenvalue weighted by atomic mass is 10.1. The molecule has 0 aromatic rings. The largest absolute Gasteiger partial charge is 0.352 e. The van der Waals surface area contributed by atoms with Crippen LogP contribution in [-0.2, 0) is 4.79 Å². The van der Waals surface area contributed by atoms with E-state index in [1.54, 1.807) is 6.92 Å². The first-order valence-corrected chi connectivity index (χ1v) is 6.62. The molecule has 0 radical (unpaired) electrons. The van der Waals surface area contributed by atoms with E-state index in [0.29, 0.717) is 12.1 Å². The summed E-state index contributed by atoms with van der Waals surface area (Å²) in [5.74, 6) is 0.0775. The number of nitrogens with two attached hydrogens (primary N) is 1. The maximum absolute atomic E-state index is 10.6. The number of hydrogen-bond donors (Lipinski definition) is 4. The average molecular weight is 242 g/mol. The molecule has 5 N–H and O–H groups in total. The topological polar surface area (TPSA) is 79.2 Å². The predicted octanol–water partition coefficient (Wildman–Crippen LogP) is -0.428. The molecule has 0 saturated carbocycles. The second kappa shape index (κ2) is 8.44. The van der Waals surface area contributed by atoms with Gasteiger partial charge in [0, 0.05) is 32.1 Å². The molecule has 2 unspecified atom stereocenters. The highest BCUT2D eigenvalue weighted by molar-refractivity contribution is 5.73. The van der Waals surface area contributed by atoms with Gasteiger partial charge in [0.1, 0.15) is 0 Å². The van der Waals surface area contributed by atoms with E-state index in [0.717, 1.165) is 32.6 Å². The van der Waals surface area contributed by atoms with Crippen LogP contribution in [0.4, 0.5) is 0 Å². The maximum atomic E-state index is 10.6. The number of amides is 1. The van der Waals surface area contributed by atoms with E-state index < -0.39 is 0 Å². The van der Waals surface area contributed by atoms with Gasteiger partial charge in [-0.05, 0) is 38.8 Å². The van der Waals surface area contributed by atoms with E-state index in [9.17, 15) is 4.79 Å². The first-order chi connectivity index (χ1) is 8.18. The standard InChI is InChI=1S/C7H14N2O.C5H12N2/c1-6(10)9-7-3-2-4-8-5-7;6-5-2-1-3-7-4-5/h7-8H,2-5H2,1H3,(H,9,10);5,7H,1-4,6H2. The highest BCUT2D eigenvalue weighted by Crippen LogP contribution is 2.00. The Morgan fingerprint density at radius 1 is 1.18 bits per heavy atom. The molecule has 0 aromatic heterocycles. The third kappa shape index (κ3) is 7.31. The van der Waals surface area contributed by atoms with Gasteiger partial charge >= 0.3 is 0 Å². The van der Waals surface area contributed by atoms with Gasteiger partial charge in [-0.3, -0.25) is 4.79 Å². The number of nitrogens with one attached hydrogen (secondary N) is 3. The lowest BCUT2D eigenvalue weighted by Crippen LogP contribution is -2.44. The van der Waals surface area contributed by atoms with Crippen LogP contribution in [0.1, 0.15) is 32.6 Å². The fourth-order valence-corrected chi connectivity index (χ4v) is 2.14. The van der Waals surface area contributed by atoms with Gasteiger partial charge in [0.25, 0.3) is 0 Å². The normalized spacial score (nSPS) is 28.8. The molecule has 0 bridgehead atoms. The summed E-state index contributed by atoms with van der Waals surface area (Å²) in [5, 5.41) is 9.32. The molecule has 2 aliphatic heterocycles. The van der Waals surface area contributed by atoms with Crippen LogP contribution in [0, 0.1) is 0 Å². The zero-order valence-electron chi connectivity index (χ0n) is 10.8. The molecule has 2 heterocycles. The molecule has 2 rings (SSSR count). The minimum Gasteiger partial charge on any atom is -0.352 e. The van der Waals surface area contributed by atoms with Gasteiger partial charge in [-0.15, -0.1) is 0 Å². The predicted molar refractivity (Wildman–Crippen MR) is 69.8 cm³/mol. The first-order valence-electron chi connectivity index (χ1n) is 6.62. The zero-order chi connectivity index (χ0) is 12.5. The minimum absolute atomic E-state index is 0.0775. The van der Waals surface area contributed by atoms with Crippen LogP contribution in [0.2, 0.25) is 0 Å². The third-order valence-electron chi connectivity index (χ3n) is 3.04. The highest BCUT2D eigenvalue weighted by Gasteiger charge is 2.12. The summed E-state index contributed by atoms with van der Waals surface area (Å²) < 4.78 is 0. The molecule has 2 fully saturated rings. The van der Waals surface area contributed by atoms with E-state index >= 15 is 0 Å². The molecule has 5 nitrogen and oxygen atoms in total. The Morgan fingerprint density at radius 3 is 2.18 bits per heavy atom. The molecule has 2 saturated heterocycles. The average Bonchev–Trinajstić information content (AvgIpc) is 2.31. The second-order valence-corrected chi connectivity index (χ2v) is 4.85. The van der Waals surface area contributed by atoms with Crippen LogP contribution in [0.5, 0.6) is 0 Å². The van der Waals surface area contributed by atoms with Crippen LogP contribution in [0.3, 0.4) is 0 Å². The van der Waals surface area contributed by atoms with Crippen molar-refractivity contribution in [3.05, 3.63) is 0 Å². The van der Waals surface area contributed by atoms with E-state index in [2.05, 4.69) is 16.0 Å². The molecule has 0 spiro atoms. The van der Waals surface area contributed by atoms with Crippen LogP contribution < -0.4 is 21.7 Å². The molecule has 0 aromatic carbocycles. The van der Waals surface area contributed by atoms with Gasteiger partial charge in [0.15, 0.2) is 0 Å². The molecular weight excluding hydrogens is 216 g/mol. The monoisotopic (exact) mass is 242 g/mol. The van der Waals surface area contributed by atoms with Crippen LogP contribution in [0.25, 0.3) is 0 Å². The van der Waals surface area contributed by atoms with Crippen LogP contribution in [-0.4, -0.2) is 44.2 Å². The summed E-state index contributed by atoms with van der Waals surface area (Å²) in [6, 6.07) is 0.792. The van der Waals surface area contributed by atoms with Gasteiger partial charge < -0.3 is 21.7 Å². The maximum Gasteiger partial charge on any atom is 0.217 e. The highest BCUT2D eigenvalue weighted by atomic mass is 16.1. The molecule has 2 atom stereocenters. The van der Waals surface area contributed by atoms with E-state index in [1.807, 2.05) is 0 Å². The number of carbonyl (C=O) groups excluding carboxylic acids is 1. The van der Waals surface area contributed by atoms with Crippen molar-refractivity contribution in [3.63, 3.8) is 0 Å². The summed E-state index contributed by atoms with van der Waals surface area (Å²) >= 11 is 0. The Hall–Kier alpha value is -0.650. The summed E-state index contributed by atoms with van der Waals surface area (Å²) in [4.78, 5) is 10.6. The van der Waals surface area contributed by atoms with Crippen molar-refractivity contribution in [1.82, 2.24) is 16.0 Å². The van der Waals surface area contributed by atoms with Crippen molar-refractivity contribution in [2.45, 2.75) is 44.7 Å². The zero-order valence-corrected chi connectivity index (χ0v) is 10.8. The Bertz CT molecular complexity index is 211. The van der Waals surface area contributed by atoms with Crippen molar-refractivity contribution in [3.8, 4) is 0 Å². The van der Waals surface area contributed by atoms with Gasteiger partial charge in [-0.25, -0.2) is 0 Å². The van der Waals surface area contributed by atoms with Crippen molar-refractivity contribution < 1.29 is 4.79 Å². The Morgan fingerprint density at radius 2 is 1.82 bits per heavy atom. The van der Waals surface area contributed by atoms with Crippen molar-refractivity contribution in [2.24, 2.45) is 5.73 Å². The Labute approximate surface area is 104 Å². The fraction of sp³-hybridized carbons (Fsp3) is 0.917. The van der Waals surface area contributed by atoms with Crippen LogP contribution >= 0.6 is 0 Å². The number of piperidine rings is 2.